The second kappa shape index (κ2) is 7.27. The van der Waals surface area contributed by atoms with E-state index in [9.17, 15) is 13.2 Å². The van der Waals surface area contributed by atoms with Crippen LogP contribution in [0.25, 0.3) is 0 Å². The molecule has 0 unspecified atom stereocenters. The van der Waals surface area contributed by atoms with Crippen LogP contribution < -0.4 is 0 Å². The minimum absolute atomic E-state index is 0.180. The lowest BCUT2D eigenvalue weighted by Gasteiger charge is -2.15. The predicted molar refractivity (Wildman–Crippen MR) is 76.8 cm³/mol. The highest BCUT2D eigenvalue weighted by atomic mass is 35.5. The lowest BCUT2D eigenvalue weighted by Crippen LogP contribution is -2.33. The van der Waals surface area contributed by atoms with Crippen molar-refractivity contribution >= 4 is 27.3 Å². The normalized spacial score (nSPS) is 10.8. The Hall–Kier alpha value is -1.58. The molecule has 1 aromatic rings. The van der Waals surface area contributed by atoms with Crippen molar-refractivity contribution in [3.63, 3.8) is 0 Å². The Kier molecular flexibility index (Phi) is 5.99. The predicted octanol–water partition coefficient (Wildman–Crippen LogP) is 1.63. The summed E-state index contributed by atoms with van der Waals surface area (Å²) in [4.78, 5) is 13.0. The van der Waals surface area contributed by atoms with Gasteiger partial charge in [-0.15, -0.1) is 0 Å². The smallest absolute Gasteiger partial charge is 0.237 e. The van der Waals surface area contributed by atoms with Crippen LogP contribution in [-0.2, 0) is 20.4 Å². The zero-order valence-corrected chi connectivity index (χ0v) is 12.6. The number of hydrogen-bond donors (Lipinski definition) is 0. The number of benzene rings is 1. The number of amides is 1. The first-order chi connectivity index (χ1) is 9.34. The monoisotopic (exact) mass is 314 g/mol. The molecule has 1 aromatic carbocycles. The molecule has 1 amide bonds. The van der Waals surface area contributed by atoms with Gasteiger partial charge in [0.15, 0.2) is 9.84 Å². The Morgan fingerprint density at radius 3 is 2.50 bits per heavy atom. The van der Waals surface area contributed by atoms with Gasteiger partial charge in [0.25, 0.3) is 0 Å². The molecule has 0 radical (unpaired) electrons. The molecule has 0 fully saturated rings. The van der Waals surface area contributed by atoms with Crippen LogP contribution >= 0.6 is 11.6 Å². The van der Waals surface area contributed by atoms with Crippen molar-refractivity contribution in [3.05, 3.63) is 34.9 Å². The number of sulfone groups is 1. The molecule has 0 heterocycles. The van der Waals surface area contributed by atoms with Gasteiger partial charge in [-0.05, 0) is 17.7 Å². The maximum Gasteiger partial charge on any atom is 0.237 e. The van der Waals surface area contributed by atoms with E-state index < -0.39 is 21.5 Å². The maximum absolute atomic E-state index is 11.9. The summed E-state index contributed by atoms with van der Waals surface area (Å²) in [6, 6.07) is 8.34. The summed E-state index contributed by atoms with van der Waals surface area (Å²) in [5.41, 5.74) is 0.585. The number of carbonyl (C=O) groups excluding carboxylic acids is 1. The van der Waals surface area contributed by atoms with Crippen LogP contribution in [0.3, 0.4) is 0 Å². The number of carbonyl (C=O) groups is 1. The molecule has 5 nitrogen and oxygen atoms in total. The molecule has 0 spiro atoms. The number of nitrogens with zero attached hydrogens (tertiary/aromatic N) is 2. The molecule has 0 saturated heterocycles. The van der Waals surface area contributed by atoms with Gasteiger partial charge in [-0.1, -0.05) is 23.7 Å². The van der Waals surface area contributed by atoms with E-state index in [1.165, 1.54) is 11.9 Å². The molecule has 0 bridgehead atoms. The van der Waals surface area contributed by atoms with E-state index in [-0.39, 0.29) is 18.7 Å². The van der Waals surface area contributed by atoms with Gasteiger partial charge in [0.2, 0.25) is 5.91 Å². The molecule has 0 saturated carbocycles. The average molecular weight is 315 g/mol. The van der Waals surface area contributed by atoms with E-state index in [0.29, 0.717) is 10.6 Å². The summed E-state index contributed by atoms with van der Waals surface area (Å²) in [6.07, 6.45) is 0.180. The van der Waals surface area contributed by atoms with Gasteiger partial charge < -0.3 is 4.90 Å². The fourth-order valence-electron chi connectivity index (χ4n) is 1.53. The van der Waals surface area contributed by atoms with E-state index in [0.717, 1.165) is 0 Å². The Morgan fingerprint density at radius 2 is 1.95 bits per heavy atom. The summed E-state index contributed by atoms with van der Waals surface area (Å²) >= 11 is 5.72. The largest absolute Gasteiger partial charge is 0.344 e. The summed E-state index contributed by atoms with van der Waals surface area (Å²) in [5, 5.41) is 8.96. The van der Waals surface area contributed by atoms with Gasteiger partial charge in [0.05, 0.1) is 18.2 Å². The molecule has 0 aliphatic heterocycles. The third-order valence-corrected chi connectivity index (χ3v) is 4.34. The first-order valence-corrected chi connectivity index (χ1v) is 8.10. The van der Waals surface area contributed by atoms with E-state index in [2.05, 4.69) is 0 Å². The number of hydrogen-bond acceptors (Lipinski definition) is 4. The molecule has 0 N–H and O–H groups in total. The van der Waals surface area contributed by atoms with Gasteiger partial charge in [0.1, 0.15) is 5.75 Å². The van der Waals surface area contributed by atoms with E-state index >= 15 is 0 Å². The van der Waals surface area contributed by atoms with E-state index in [1.54, 1.807) is 24.3 Å². The number of rotatable bonds is 6. The number of nitriles is 1. The minimum atomic E-state index is -3.53. The van der Waals surface area contributed by atoms with Crippen LogP contribution in [0, 0.1) is 11.3 Å². The molecule has 1 rings (SSSR count). The SMILES string of the molecule is CN(CCC#N)C(=O)CS(=O)(=O)Cc1ccc(Cl)cc1. The topological polar surface area (TPSA) is 78.2 Å². The highest BCUT2D eigenvalue weighted by molar-refractivity contribution is 7.91. The van der Waals surface area contributed by atoms with Gasteiger partial charge in [-0.2, -0.15) is 5.26 Å². The molecule has 20 heavy (non-hydrogen) atoms. The van der Waals surface area contributed by atoms with Crippen molar-refractivity contribution in [1.82, 2.24) is 4.90 Å². The first-order valence-electron chi connectivity index (χ1n) is 5.90. The van der Waals surface area contributed by atoms with Crippen molar-refractivity contribution in [1.29, 1.82) is 5.26 Å². The summed E-state index contributed by atoms with van der Waals surface area (Å²) < 4.78 is 23.9. The van der Waals surface area contributed by atoms with Crippen molar-refractivity contribution in [3.8, 4) is 6.07 Å². The molecule has 7 heteroatoms. The first kappa shape index (κ1) is 16.5. The van der Waals surface area contributed by atoms with Crippen molar-refractivity contribution in [2.45, 2.75) is 12.2 Å². The summed E-state index contributed by atoms with van der Waals surface area (Å²) in [5.74, 6) is -1.27. The van der Waals surface area contributed by atoms with Gasteiger partial charge in [0, 0.05) is 18.6 Å². The standard InChI is InChI=1S/C13H15ClN2O3S/c1-16(8-2-7-15)13(17)10-20(18,19)9-11-3-5-12(14)6-4-11/h3-6H,2,8-10H2,1H3. The Bertz CT molecular complexity index is 605. The molecule has 0 aliphatic rings. The molecule has 0 aliphatic carbocycles. The van der Waals surface area contributed by atoms with Crippen LogP contribution in [-0.4, -0.2) is 38.6 Å². The van der Waals surface area contributed by atoms with Crippen LogP contribution in [0.5, 0.6) is 0 Å². The van der Waals surface area contributed by atoms with E-state index in [4.69, 9.17) is 16.9 Å². The third-order valence-electron chi connectivity index (χ3n) is 2.63. The maximum atomic E-state index is 11.9. The van der Waals surface area contributed by atoms with Crippen molar-refractivity contribution in [2.75, 3.05) is 19.3 Å². The lowest BCUT2D eigenvalue weighted by atomic mass is 10.2. The summed E-state index contributed by atoms with van der Waals surface area (Å²) in [7, 11) is -2.05. The minimum Gasteiger partial charge on any atom is -0.344 e. The Morgan fingerprint density at radius 1 is 1.35 bits per heavy atom. The lowest BCUT2D eigenvalue weighted by molar-refractivity contribution is -0.127. The van der Waals surface area contributed by atoms with Crippen LogP contribution in [0.15, 0.2) is 24.3 Å². The quantitative estimate of drug-likeness (QED) is 0.799. The highest BCUT2D eigenvalue weighted by Gasteiger charge is 2.20. The zero-order valence-electron chi connectivity index (χ0n) is 11.0. The second-order valence-corrected chi connectivity index (χ2v) is 6.88. The highest BCUT2D eigenvalue weighted by Crippen LogP contribution is 2.12. The molecule has 0 aromatic heterocycles. The molecular weight excluding hydrogens is 300 g/mol. The van der Waals surface area contributed by atoms with E-state index in [1.807, 2.05) is 6.07 Å². The molecular formula is C13H15ClN2O3S. The Labute approximate surface area is 123 Å². The molecule has 0 atom stereocenters. The van der Waals surface area contributed by atoms with Gasteiger partial charge in [-0.25, -0.2) is 8.42 Å². The third kappa shape index (κ3) is 5.59. The summed E-state index contributed by atoms with van der Waals surface area (Å²) in [6.45, 7) is 0.228. The van der Waals surface area contributed by atoms with Gasteiger partial charge >= 0.3 is 0 Å². The van der Waals surface area contributed by atoms with Gasteiger partial charge in [-0.3, -0.25) is 4.79 Å². The van der Waals surface area contributed by atoms with Crippen LogP contribution in [0.4, 0.5) is 0 Å². The fraction of sp³-hybridized carbons (Fsp3) is 0.385. The van der Waals surface area contributed by atoms with Crippen molar-refractivity contribution < 1.29 is 13.2 Å². The molecule has 108 valence electrons. The fourth-order valence-corrected chi connectivity index (χ4v) is 3.05. The number of halogens is 1. The van der Waals surface area contributed by atoms with Crippen LogP contribution in [0.2, 0.25) is 5.02 Å². The zero-order chi connectivity index (χ0) is 15.2. The average Bonchev–Trinajstić information content (AvgIpc) is 2.37. The Balaban J connectivity index is 2.63. The second-order valence-electron chi connectivity index (χ2n) is 4.38. The van der Waals surface area contributed by atoms with Crippen LogP contribution in [0.1, 0.15) is 12.0 Å². The van der Waals surface area contributed by atoms with Crippen molar-refractivity contribution in [2.24, 2.45) is 0 Å².